The van der Waals surface area contributed by atoms with Crippen LogP contribution in [0.1, 0.15) is 35.3 Å². The molecule has 180 valence electrons. The molecule has 4 rings (SSSR count). The maximum absolute atomic E-state index is 12.6. The fourth-order valence-electron chi connectivity index (χ4n) is 3.78. The van der Waals surface area contributed by atoms with Crippen molar-refractivity contribution in [2.24, 2.45) is 0 Å². The summed E-state index contributed by atoms with van der Waals surface area (Å²) in [5.74, 6) is 1.30. The molecule has 0 saturated heterocycles. The van der Waals surface area contributed by atoms with Crippen molar-refractivity contribution < 1.29 is 23.8 Å². The van der Waals surface area contributed by atoms with Crippen molar-refractivity contribution in [1.29, 1.82) is 0 Å². The van der Waals surface area contributed by atoms with Crippen LogP contribution in [0.5, 0.6) is 17.2 Å². The Morgan fingerprint density at radius 2 is 2.03 bits per heavy atom. The standard InChI is InChI=1S/C27H27N3O5/c1-4-34-23-14-20-12-17(2)35-24(20)13-18(23)7-10-26(31)29-21-8-9-22(25(15-21)33-3)30-27(32)19-6-5-11-28-16-19/h5-11,13-17H,4,12H2,1-3H3,(H,29,31)(H,30,32)/b10-7+. The summed E-state index contributed by atoms with van der Waals surface area (Å²) in [7, 11) is 1.49. The van der Waals surface area contributed by atoms with Crippen molar-refractivity contribution in [3.05, 3.63) is 77.6 Å². The van der Waals surface area contributed by atoms with Crippen molar-refractivity contribution in [3.8, 4) is 17.2 Å². The topological polar surface area (TPSA) is 98.8 Å². The molecule has 0 saturated carbocycles. The van der Waals surface area contributed by atoms with E-state index in [-0.39, 0.29) is 17.9 Å². The van der Waals surface area contributed by atoms with Gasteiger partial charge in [0.05, 0.1) is 25.0 Å². The minimum atomic E-state index is -0.323. The van der Waals surface area contributed by atoms with Gasteiger partial charge in [-0.15, -0.1) is 0 Å². The highest BCUT2D eigenvalue weighted by molar-refractivity contribution is 6.05. The molecular formula is C27H27N3O5. The Kier molecular flexibility index (Phi) is 7.30. The van der Waals surface area contributed by atoms with Crippen molar-refractivity contribution in [2.45, 2.75) is 26.4 Å². The van der Waals surface area contributed by atoms with Crippen LogP contribution in [-0.4, -0.2) is 36.6 Å². The van der Waals surface area contributed by atoms with Crippen molar-refractivity contribution in [1.82, 2.24) is 4.98 Å². The zero-order valence-corrected chi connectivity index (χ0v) is 19.8. The third kappa shape index (κ3) is 5.78. The summed E-state index contributed by atoms with van der Waals surface area (Å²) in [6.07, 6.45) is 7.17. The zero-order valence-electron chi connectivity index (χ0n) is 19.8. The third-order valence-electron chi connectivity index (χ3n) is 5.38. The van der Waals surface area contributed by atoms with Gasteiger partial charge in [-0.2, -0.15) is 0 Å². The smallest absolute Gasteiger partial charge is 0.257 e. The Morgan fingerprint density at radius 1 is 1.17 bits per heavy atom. The number of ether oxygens (including phenoxy) is 3. The van der Waals surface area contributed by atoms with Gasteiger partial charge in [-0.05, 0) is 56.3 Å². The second kappa shape index (κ2) is 10.7. The van der Waals surface area contributed by atoms with Crippen LogP contribution in [0, 0.1) is 0 Å². The van der Waals surface area contributed by atoms with E-state index in [4.69, 9.17) is 14.2 Å². The number of hydrogen-bond donors (Lipinski definition) is 2. The van der Waals surface area contributed by atoms with Crippen LogP contribution in [0.25, 0.3) is 6.08 Å². The fourth-order valence-corrected chi connectivity index (χ4v) is 3.78. The molecule has 2 aromatic carbocycles. The molecule has 2 amide bonds. The number of aromatic nitrogens is 1. The van der Waals surface area contributed by atoms with Gasteiger partial charge in [-0.25, -0.2) is 0 Å². The van der Waals surface area contributed by atoms with Gasteiger partial charge in [0.15, 0.2) is 0 Å². The molecule has 3 aromatic rings. The molecule has 0 radical (unpaired) electrons. The summed E-state index contributed by atoms with van der Waals surface area (Å²) in [6.45, 7) is 4.46. The molecule has 1 aliphatic rings. The highest BCUT2D eigenvalue weighted by Gasteiger charge is 2.21. The minimum absolute atomic E-state index is 0.120. The number of methoxy groups -OCH3 is 1. The lowest BCUT2D eigenvalue weighted by atomic mass is 10.1. The van der Waals surface area contributed by atoms with Crippen LogP contribution >= 0.6 is 0 Å². The lowest BCUT2D eigenvalue weighted by molar-refractivity contribution is -0.111. The van der Waals surface area contributed by atoms with E-state index < -0.39 is 0 Å². The van der Waals surface area contributed by atoms with Crippen LogP contribution in [0.15, 0.2) is 60.9 Å². The van der Waals surface area contributed by atoms with E-state index >= 15 is 0 Å². The Labute approximate surface area is 203 Å². The summed E-state index contributed by atoms with van der Waals surface area (Å²) in [6, 6.07) is 12.2. The molecule has 0 fully saturated rings. The predicted molar refractivity (Wildman–Crippen MR) is 134 cm³/mol. The second-order valence-corrected chi connectivity index (χ2v) is 8.00. The first-order chi connectivity index (χ1) is 17.0. The second-order valence-electron chi connectivity index (χ2n) is 8.00. The highest BCUT2D eigenvalue weighted by Crippen LogP contribution is 2.36. The third-order valence-corrected chi connectivity index (χ3v) is 5.38. The van der Waals surface area contributed by atoms with Crippen LogP contribution in [0.2, 0.25) is 0 Å². The lowest BCUT2D eigenvalue weighted by Gasteiger charge is -2.12. The molecular weight excluding hydrogens is 446 g/mol. The lowest BCUT2D eigenvalue weighted by Crippen LogP contribution is -2.13. The molecule has 2 heterocycles. The minimum Gasteiger partial charge on any atom is -0.494 e. The zero-order chi connectivity index (χ0) is 24.8. The van der Waals surface area contributed by atoms with E-state index in [1.807, 2.05) is 26.0 Å². The predicted octanol–water partition coefficient (Wildman–Crippen LogP) is 4.72. The Morgan fingerprint density at radius 3 is 2.77 bits per heavy atom. The van der Waals surface area contributed by atoms with E-state index in [0.717, 1.165) is 23.3 Å². The van der Waals surface area contributed by atoms with Gasteiger partial charge in [0.2, 0.25) is 5.91 Å². The fraction of sp³-hybridized carbons (Fsp3) is 0.222. The summed E-state index contributed by atoms with van der Waals surface area (Å²) in [5, 5.41) is 5.60. The molecule has 35 heavy (non-hydrogen) atoms. The van der Waals surface area contributed by atoms with Crippen LogP contribution in [0.4, 0.5) is 11.4 Å². The average Bonchev–Trinajstić information content (AvgIpc) is 3.22. The first kappa shape index (κ1) is 23.8. The summed E-state index contributed by atoms with van der Waals surface area (Å²) in [4.78, 5) is 29.0. The Hall–Kier alpha value is -4.33. The van der Waals surface area contributed by atoms with E-state index in [0.29, 0.717) is 35.0 Å². The SMILES string of the molecule is CCOc1cc2c(cc1/C=C/C(=O)Nc1ccc(NC(=O)c3cccnc3)c(OC)c1)OC(C)C2. The molecule has 0 spiro atoms. The number of carbonyl (C=O) groups excluding carboxylic acids is 2. The summed E-state index contributed by atoms with van der Waals surface area (Å²) in [5.41, 5.74) is 3.29. The van der Waals surface area contributed by atoms with Gasteiger partial charge in [0.1, 0.15) is 23.4 Å². The molecule has 1 unspecified atom stereocenters. The largest absolute Gasteiger partial charge is 0.494 e. The number of nitrogens with zero attached hydrogens (tertiary/aromatic N) is 1. The normalized spacial score (nSPS) is 14.2. The van der Waals surface area contributed by atoms with E-state index in [1.54, 1.807) is 42.6 Å². The first-order valence-corrected chi connectivity index (χ1v) is 11.3. The van der Waals surface area contributed by atoms with Gasteiger partial charge in [-0.1, -0.05) is 0 Å². The van der Waals surface area contributed by atoms with Crippen molar-refractivity contribution >= 4 is 29.3 Å². The maximum Gasteiger partial charge on any atom is 0.257 e. The molecule has 8 nitrogen and oxygen atoms in total. The van der Waals surface area contributed by atoms with E-state index in [9.17, 15) is 9.59 Å². The van der Waals surface area contributed by atoms with Gasteiger partial charge >= 0.3 is 0 Å². The van der Waals surface area contributed by atoms with Gasteiger partial charge in [-0.3, -0.25) is 14.6 Å². The monoisotopic (exact) mass is 473 g/mol. The molecule has 2 N–H and O–H groups in total. The van der Waals surface area contributed by atoms with Crippen LogP contribution in [-0.2, 0) is 11.2 Å². The number of pyridine rings is 1. The highest BCUT2D eigenvalue weighted by atomic mass is 16.5. The number of fused-ring (bicyclic) bond motifs is 1. The molecule has 1 aromatic heterocycles. The quantitative estimate of drug-likeness (QED) is 0.460. The number of benzene rings is 2. The summed E-state index contributed by atoms with van der Waals surface area (Å²) < 4.78 is 17.0. The molecule has 8 heteroatoms. The Balaban J connectivity index is 1.45. The molecule has 0 bridgehead atoms. The molecule has 1 atom stereocenters. The van der Waals surface area contributed by atoms with Gasteiger partial charge < -0.3 is 24.8 Å². The summed E-state index contributed by atoms with van der Waals surface area (Å²) >= 11 is 0. The molecule has 0 aliphatic carbocycles. The van der Waals surface area contributed by atoms with Crippen LogP contribution < -0.4 is 24.8 Å². The number of rotatable bonds is 8. The van der Waals surface area contributed by atoms with Crippen molar-refractivity contribution in [2.75, 3.05) is 24.4 Å². The number of carbonyl (C=O) groups is 2. The van der Waals surface area contributed by atoms with Crippen LogP contribution in [0.3, 0.4) is 0 Å². The molecule has 1 aliphatic heterocycles. The maximum atomic E-state index is 12.6. The van der Waals surface area contributed by atoms with Gasteiger partial charge in [0, 0.05) is 47.8 Å². The number of amides is 2. The van der Waals surface area contributed by atoms with Gasteiger partial charge in [0.25, 0.3) is 5.91 Å². The number of hydrogen-bond acceptors (Lipinski definition) is 6. The number of nitrogens with one attached hydrogen (secondary N) is 2. The number of anilines is 2. The van der Waals surface area contributed by atoms with Crippen molar-refractivity contribution in [3.63, 3.8) is 0 Å². The van der Waals surface area contributed by atoms with E-state index in [2.05, 4.69) is 15.6 Å². The average molecular weight is 474 g/mol. The Bertz CT molecular complexity index is 1260. The first-order valence-electron chi connectivity index (χ1n) is 11.3. The van der Waals surface area contributed by atoms with E-state index in [1.165, 1.54) is 19.4 Å².